The van der Waals surface area contributed by atoms with Crippen molar-refractivity contribution in [1.82, 2.24) is 4.90 Å². The van der Waals surface area contributed by atoms with Gasteiger partial charge >= 0.3 is 0 Å². The third-order valence-corrected chi connectivity index (χ3v) is 26.2. The number of ether oxygens (including phenoxy) is 1. The van der Waals surface area contributed by atoms with Gasteiger partial charge in [0.25, 0.3) is 0 Å². The van der Waals surface area contributed by atoms with E-state index in [1.54, 1.807) is 297 Å². The van der Waals surface area contributed by atoms with E-state index in [0.717, 1.165) is 13.2 Å². The van der Waals surface area contributed by atoms with Crippen LogP contribution in [0, 0.1) is 0 Å². The van der Waals surface area contributed by atoms with E-state index in [-0.39, 0.29) is 16.7 Å². The second-order valence-electron chi connectivity index (χ2n) is 25.7. The van der Waals surface area contributed by atoms with Gasteiger partial charge in [0.1, 0.15) is 5.60 Å². The molecule has 26 aromatic carbocycles. The first-order valence-electron chi connectivity index (χ1n) is 25.2. The molecular weight excluding hydrogens is 799 g/mol. The van der Waals surface area contributed by atoms with E-state index in [9.17, 15) is 0 Å². The van der Waals surface area contributed by atoms with E-state index in [2.05, 4.69) is 11.9 Å². The largest absolute Gasteiger partial charge is 0.367 e. The first-order valence-corrected chi connectivity index (χ1v) is 25.2. The summed E-state index contributed by atoms with van der Waals surface area (Å²) in [5.41, 5.74) is 9.77. The standard InChI is InChI=1S/C64H9NO/c1-65-3-62-57-51-41-31-21-12-7-5-6-8-10-9(7)18-24-19(10)27-26-17(8)20-14(6)16-15-11(5)13(12)23-28-22(15)30-29(16)34-33(20)40-37(26)46-39(27)44-36(24)43(35(41)25(18)21)53(57)54(44)59-56(46)61-49(40)48(34)50-45(30)47-38(28)42(32(23)31)52(51)58(62)55(47)60(50)64(61)63(59,62)4(65)2-66-64/h4,60H,2-3H2,1H3. The van der Waals surface area contributed by atoms with Crippen LogP contribution in [0.25, 0.3) is 269 Å². The van der Waals surface area contributed by atoms with Crippen molar-refractivity contribution in [3.05, 3.63) is 33.4 Å². The first-order chi connectivity index (χ1) is 32.8. The zero-order chi connectivity index (χ0) is 38.7. The number of hydrogen-bond donors (Lipinski definition) is 0. The molecule has 2 nitrogen and oxygen atoms in total. The van der Waals surface area contributed by atoms with E-state index in [4.69, 9.17) is 4.74 Å². The van der Waals surface area contributed by atoms with Crippen molar-refractivity contribution >= 4 is 269 Å². The Balaban J connectivity index is 1.25. The van der Waals surface area contributed by atoms with Crippen LogP contribution in [-0.4, -0.2) is 31.1 Å². The number of likely N-dealkylation sites (N-methyl/N-ethyl adjacent to an activating group) is 1. The number of benzene rings is 17. The van der Waals surface area contributed by atoms with Gasteiger partial charge in [-0.3, -0.25) is 4.90 Å². The van der Waals surface area contributed by atoms with Gasteiger partial charge < -0.3 is 4.74 Å². The maximum atomic E-state index is 8.45. The van der Waals surface area contributed by atoms with E-state index in [1.165, 1.54) is 0 Å². The summed E-state index contributed by atoms with van der Waals surface area (Å²) in [6, 6.07) is 0.325. The minimum atomic E-state index is -0.446. The molecule has 0 bridgehead atoms. The Bertz CT molecular complexity index is 7150. The van der Waals surface area contributed by atoms with Crippen LogP contribution < -0.4 is 0 Å². The normalized spacial score (nSPS) is 29.2. The molecule has 0 radical (unpaired) electrons. The highest BCUT2D eigenvalue weighted by atomic mass is 16.5. The van der Waals surface area contributed by atoms with E-state index < -0.39 is 5.60 Å². The topological polar surface area (TPSA) is 12.5 Å². The Morgan fingerprint density at radius 3 is 1.00 bits per heavy atom. The highest BCUT2D eigenvalue weighted by molar-refractivity contribution is 6.80. The van der Waals surface area contributed by atoms with E-state index >= 15 is 0 Å². The van der Waals surface area contributed by atoms with Crippen molar-refractivity contribution in [2.24, 2.45) is 0 Å². The van der Waals surface area contributed by atoms with E-state index in [0.29, 0.717) is 6.04 Å². The van der Waals surface area contributed by atoms with Crippen molar-refractivity contribution in [3.8, 4) is 0 Å². The third-order valence-electron chi connectivity index (χ3n) is 26.2. The molecule has 2 heterocycles. The fourth-order valence-corrected chi connectivity index (χ4v) is 26.7. The van der Waals surface area contributed by atoms with Crippen LogP contribution in [0.2, 0.25) is 0 Å². The molecule has 3 spiro atoms. The Hall–Kier alpha value is -7.36. The first kappa shape index (κ1) is 23.7. The minimum Gasteiger partial charge on any atom is -0.367 e. The number of nitrogens with zero attached hydrogens (tertiary/aromatic N) is 1. The predicted octanol–water partition coefficient (Wildman–Crippen LogP) is 15.3. The zero-order valence-electron chi connectivity index (χ0n) is 33.9. The molecule has 0 amide bonds. The Kier molecular flexibility index (Phi) is 1.83. The molecule has 0 aromatic heterocycles. The third kappa shape index (κ3) is 1.13. The summed E-state index contributed by atoms with van der Waals surface area (Å²) in [6.07, 6.45) is 0. The molecule has 0 N–H and O–H groups in total. The SMILES string of the molecule is CN1CC23c4c5c6c7c8c9c%10c%11c%12c(c%13c%14c2c2c4c4c6c6c%15c7c7c9c9c%10c%10c%12c%12c%13c%13c%14c%14c2c2c4c6c4c6c%15c7c7c9c9c%10c%12c%10c%13c%12c%14c2c4c2c%12c%10c9c7c62)C32C1COC%112C58. The van der Waals surface area contributed by atoms with Crippen LogP contribution in [-0.2, 0) is 21.2 Å². The Morgan fingerprint density at radius 1 is 0.303 bits per heavy atom. The molecule has 276 valence electrons. The fraction of sp³-hybridized carbons (Fsp3) is 0.125. The van der Waals surface area contributed by atoms with Crippen LogP contribution in [0.15, 0.2) is 0 Å². The number of likely N-dealkylation sites (tertiary alicyclic amines) is 1. The molecule has 0 saturated carbocycles. The van der Waals surface area contributed by atoms with Crippen molar-refractivity contribution in [2.45, 2.75) is 28.4 Å². The van der Waals surface area contributed by atoms with Gasteiger partial charge in [0.15, 0.2) is 0 Å². The molecule has 2 saturated heterocycles. The summed E-state index contributed by atoms with van der Waals surface area (Å²) in [7, 11) is 2.55. The fourth-order valence-electron chi connectivity index (χ4n) is 26.7. The van der Waals surface area contributed by atoms with Crippen LogP contribution in [0.5, 0.6) is 0 Å². The Morgan fingerprint density at radius 2 is 0.591 bits per heavy atom. The molecule has 5 unspecified atom stereocenters. The molecule has 6 aliphatic carbocycles. The van der Waals surface area contributed by atoms with Gasteiger partial charge in [0.05, 0.1) is 12.0 Å². The lowest BCUT2D eigenvalue weighted by Gasteiger charge is -2.59. The van der Waals surface area contributed by atoms with Crippen molar-refractivity contribution in [1.29, 1.82) is 0 Å². The minimum absolute atomic E-state index is 0.175. The molecule has 2 fully saturated rings. The quantitative estimate of drug-likeness (QED) is 0.142. The molecule has 2 aliphatic heterocycles. The lowest BCUT2D eigenvalue weighted by atomic mass is 9.41. The number of hydrogen-bond acceptors (Lipinski definition) is 2. The van der Waals surface area contributed by atoms with Gasteiger partial charge in [-0.05, 0) is 304 Å². The van der Waals surface area contributed by atoms with Gasteiger partial charge in [-0.2, -0.15) is 0 Å². The van der Waals surface area contributed by atoms with Crippen LogP contribution >= 0.6 is 0 Å². The molecular formula is C64H9NO. The summed E-state index contributed by atoms with van der Waals surface area (Å²) in [5, 5.41) is 84.1. The molecule has 26 aromatic rings. The van der Waals surface area contributed by atoms with Gasteiger partial charge in [-0.1, -0.05) is 0 Å². The molecule has 8 aliphatic rings. The van der Waals surface area contributed by atoms with Crippen LogP contribution in [0.4, 0.5) is 0 Å². The van der Waals surface area contributed by atoms with E-state index in [1.807, 2.05) is 5.56 Å². The summed E-state index contributed by atoms with van der Waals surface area (Å²) in [6.45, 7) is 1.94. The lowest BCUT2D eigenvalue weighted by molar-refractivity contribution is -0.0696. The lowest BCUT2D eigenvalue weighted by Crippen LogP contribution is -2.65. The van der Waals surface area contributed by atoms with Gasteiger partial charge in [0.2, 0.25) is 0 Å². The Labute approximate surface area is 359 Å². The zero-order valence-corrected chi connectivity index (χ0v) is 33.9. The van der Waals surface area contributed by atoms with Gasteiger partial charge in [-0.25, -0.2) is 0 Å². The van der Waals surface area contributed by atoms with Gasteiger partial charge in [0, 0.05) is 29.5 Å². The van der Waals surface area contributed by atoms with Crippen LogP contribution in [0.3, 0.4) is 0 Å². The summed E-state index contributed by atoms with van der Waals surface area (Å²) in [5.74, 6) is 0.217. The highest BCUT2D eigenvalue weighted by Gasteiger charge is 2.88. The average Bonchev–Trinajstić information content (AvgIpc) is 4.14. The molecule has 66 heavy (non-hydrogen) atoms. The predicted molar refractivity (Wildman–Crippen MR) is 272 cm³/mol. The average molecular weight is 808 g/mol. The second kappa shape index (κ2) is 5.09. The summed E-state index contributed by atoms with van der Waals surface area (Å²) < 4.78 is 8.45. The highest BCUT2D eigenvalue weighted by Crippen LogP contribution is 2.91. The molecule has 34 rings (SSSR count). The van der Waals surface area contributed by atoms with Crippen molar-refractivity contribution in [3.63, 3.8) is 0 Å². The second-order valence-corrected chi connectivity index (χ2v) is 25.7. The molecule has 2 heteroatoms. The van der Waals surface area contributed by atoms with Gasteiger partial charge in [-0.15, -0.1) is 0 Å². The summed E-state index contributed by atoms with van der Waals surface area (Å²) in [4.78, 5) is 2.91. The van der Waals surface area contributed by atoms with Crippen LogP contribution in [0.1, 0.15) is 39.3 Å². The maximum Gasteiger partial charge on any atom is 0.118 e. The number of rotatable bonds is 0. The smallest absolute Gasteiger partial charge is 0.118 e. The summed E-state index contributed by atoms with van der Waals surface area (Å²) >= 11 is 0. The monoisotopic (exact) mass is 807 g/mol. The van der Waals surface area contributed by atoms with Crippen molar-refractivity contribution < 1.29 is 4.74 Å². The maximum absolute atomic E-state index is 8.45. The molecule has 5 atom stereocenters. The van der Waals surface area contributed by atoms with Crippen molar-refractivity contribution in [2.75, 3.05) is 20.2 Å².